The molecular formula is C15H22ClFN2O. The zero-order chi connectivity index (χ0) is 13.8. The average molecular weight is 301 g/mol. The topological polar surface area (TPSA) is 41.1 Å². The van der Waals surface area contributed by atoms with Crippen molar-refractivity contribution in [2.24, 2.45) is 5.92 Å². The Kier molecular flexibility index (Phi) is 6.43. The molecule has 1 aliphatic rings. The van der Waals surface area contributed by atoms with Gasteiger partial charge in [-0.3, -0.25) is 4.79 Å². The minimum Gasteiger partial charge on any atom is -0.349 e. The van der Waals surface area contributed by atoms with Gasteiger partial charge in [-0.25, -0.2) is 4.39 Å². The van der Waals surface area contributed by atoms with E-state index in [0.29, 0.717) is 17.0 Å². The van der Waals surface area contributed by atoms with Crippen molar-refractivity contribution >= 4 is 18.3 Å². The molecule has 5 heteroatoms. The molecule has 1 fully saturated rings. The Morgan fingerprint density at radius 2 is 2.25 bits per heavy atom. The smallest absolute Gasteiger partial charge is 0.251 e. The largest absolute Gasteiger partial charge is 0.349 e. The zero-order valence-electron chi connectivity index (χ0n) is 11.9. The molecule has 2 rings (SSSR count). The summed E-state index contributed by atoms with van der Waals surface area (Å²) in [4.78, 5) is 12.2. The summed E-state index contributed by atoms with van der Waals surface area (Å²) in [7, 11) is 0. The van der Waals surface area contributed by atoms with Gasteiger partial charge in [0.1, 0.15) is 5.82 Å². The molecule has 2 N–H and O–H groups in total. The monoisotopic (exact) mass is 300 g/mol. The van der Waals surface area contributed by atoms with Crippen molar-refractivity contribution in [3.8, 4) is 0 Å². The SMILES string of the molecule is Cc1cc(F)ccc1C(=O)NC(C)C1CCCNC1.Cl. The molecule has 2 atom stereocenters. The lowest BCUT2D eigenvalue weighted by Gasteiger charge is -2.29. The molecule has 3 nitrogen and oxygen atoms in total. The molecule has 0 spiro atoms. The van der Waals surface area contributed by atoms with E-state index in [1.165, 1.54) is 12.1 Å². The van der Waals surface area contributed by atoms with E-state index in [0.717, 1.165) is 25.9 Å². The highest BCUT2D eigenvalue weighted by molar-refractivity contribution is 5.95. The fourth-order valence-electron chi connectivity index (χ4n) is 2.59. The van der Waals surface area contributed by atoms with E-state index in [9.17, 15) is 9.18 Å². The van der Waals surface area contributed by atoms with Gasteiger partial charge in [-0.1, -0.05) is 0 Å². The number of piperidine rings is 1. The highest BCUT2D eigenvalue weighted by Crippen LogP contribution is 2.16. The van der Waals surface area contributed by atoms with Gasteiger partial charge in [0.2, 0.25) is 0 Å². The Hall–Kier alpha value is -1.13. The van der Waals surface area contributed by atoms with Crippen molar-refractivity contribution in [2.45, 2.75) is 32.7 Å². The van der Waals surface area contributed by atoms with Crippen LogP contribution in [0, 0.1) is 18.7 Å². The van der Waals surface area contributed by atoms with Gasteiger partial charge < -0.3 is 10.6 Å². The van der Waals surface area contributed by atoms with E-state index >= 15 is 0 Å². The molecule has 1 aromatic carbocycles. The van der Waals surface area contributed by atoms with Crippen LogP contribution in [0.3, 0.4) is 0 Å². The second kappa shape index (κ2) is 7.60. The summed E-state index contributed by atoms with van der Waals surface area (Å²) in [6.07, 6.45) is 2.29. The Labute approximate surface area is 125 Å². The number of aryl methyl sites for hydroxylation is 1. The van der Waals surface area contributed by atoms with Crippen LogP contribution in [0.25, 0.3) is 0 Å². The van der Waals surface area contributed by atoms with Crippen LogP contribution in [0.5, 0.6) is 0 Å². The van der Waals surface area contributed by atoms with Gasteiger partial charge in [-0.05, 0) is 69.5 Å². The van der Waals surface area contributed by atoms with Crippen LogP contribution in [-0.2, 0) is 0 Å². The maximum absolute atomic E-state index is 13.0. The zero-order valence-corrected chi connectivity index (χ0v) is 12.7. The third-order valence-electron chi connectivity index (χ3n) is 3.83. The second-order valence-electron chi connectivity index (χ2n) is 5.33. The molecule has 0 bridgehead atoms. The van der Waals surface area contributed by atoms with Gasteiger partial charge in [-0.2, -0.15) is 0 Å². The molecule has 0 saturated carbocycles. The third-order valence-corrected chi connectivity index (χ3v) is 3.83. The minimum atomic E-state index is -0.307. The van der Waals surface area contributed by atoms with Gasteiger partial charge in [0, 0.05) is 11.6 Å². The quantitative estimate of drug-likeness (QED) is 0.901. The lowest BCUT2D eigenvalue weighted by molar-refractivity contribution is 0.0921. The summed E-state index contributed by atoms with van der Waals surface area (Å²) in [6.45, 7) is 5.80. The number of benzene rings is 1. The molecule has 2 unspecified atom stereocenters. The van der Waals surface area contributed by atoms with Gasteiger partial charge in [-0.15, -0.1) is 12.4 Å². The summed E-state index contributed by atoms with van der Waals surface area (Å²) in [6, 6.07) is 4.40. The fraction of sp³-hybridized carbons (Fsp3) is 0.533. The molecule has 1 amide bonds. The van der Waals surface area contributed by atoms with Gasteiger partial charge >= 0.3 is 0 Å². The van der Waals surface area contributed by atoms with E-state index in [-0.39, 0.29) is 30.2 Å². The first-order valence-electron chi connectivity index (χ1n) is 6.85. The molecular weight excluding hydrogens is 279 g/mol. The molecule has 0 aromatic heterocycles. The van der Waals surface area contributed by atoms with Crippen LogP contribution in [-0.4, -0.2) is 25.0 Å². The predicted molar refractivity (Wildman–Crippen MR) is 80.9 cm³/mol. The molecule has 1 aliphatic heterocycles. The summed E-state index contributed by atoms with van der Waals surface area (Å²) in [5.41, 5.74) is 1.23. The number of rotatable bonds is 3. The molecule has 1 aromatic rings. The number of carbonyl (C=O) groups excluding carboxylic acids is 1. The van der Waals surface area contributed by atoms with Crippen molar-refractivity contribution in [1.82, 2.24) is 10.6 Å². The second-order valence-corrected chi connectivity index (χ2v) is 5.33. The van der Waals surface area contributed by atoms with Crippen LogP contribution < -0.4 is 10.6 Å². The van der Waals surface area contributed by atoms with Gasteiger partial charge in [0.25, 0.3) is 5.91 Å². The van der Waals surface area contributed by atoms with Crippen LogP contribution in [0.1, 0.15) is 35.7 Å². The van der Waals surface area contributed by atoms with Crippen molar-refractivity contribution in [2.75, 3.05) is 13.1 Å². The maximum Gasteiger partial charge on any atom is 0.251 e. The molecule has 20 heavy (non-hydrogen) atoms. The first kappa shape index (κ1) is 16.9. The summed E-state index contributed by atoms with van der Waals surface area (Å²) in [5, 5.41) is 6.37. The normalized spacial score (nSPS) is 19.9. The molecule has 0 aliphatic carbocycles. The lowest BCUT2D eigenvalue weighted by atomic mass is 9.92. The molecule has 1 saturated heterocycles. The summed E-state index contributed by atoms with van der Waals surface area (Å²) in [5.74, 6) is 0.0487. The number of carbonyl (C=O) groups is 1. The van der Waals surface area contributed by atoms with E-state index in [1.807, 2.05) is 6.92 Å². The van der Waals surface area contributed by atoms with E-state index < -0.39 is 0 Å². The number of hydrogen-bond donors (Lipinski definition) is 2. The van der Waals surface area contributed by atoms with E-state index in [2.05, 4.69) is 10.6 Å². The van der Waals surface area contributed by atoms with Crippen molar-refractivity contribution in [3.05, 3.63) is 35.1 Å². The van der Waals surface area contributed by atoms with Crippen molar-refractivity contribution in [1.29, 1.82) is 0 Å². The Balaban J connectivity index is 0.00000200. The van der Waals surface area contributed by atoms with Crippen LogP contribution in [0.2, 0.25) is 0 Å². The average Bonchev–Trinajstić information content (AvgIpc) is 2.39. The van der Waals surface area contributed by atoms with Crippen LogP contribution >= 0.6 is 12.4 Å². The Morgan fingerprint density at radius 3 is 2.85 bits per heavy atom. The third kappa shape index (κ3) is 4.18. The van der Waals surface area contributed by atoms with E-state index in [4.69, 9.17) is 0 Å². The summed E-state index contributed by atoms with van der Waals surface area (Å²) >= 11 is 0. The maximum atomic E-state index is 13.0. The van der Waals surface area contributed by atoms with Gasteiger partial charge in [0.15, 0.2) is 0 Å². The molecule has 1 heterocycles. The van der Waals surface area contributed by atoms with Gasteiger partial charge in [0.05, 0.1) is 0 Å². The Bertz CT molecular complexity index is 461. The van der Waals surface area contributed by atoms with Crippen LogP contribution in [0.15, 0.2) is 18.2 Å². The number of nitrogens with one attached hydrogen (secondary N) is 2. The minimum absolute atomic E-state index is 0. The highest BCUT2D eigenvalue weighted by Gasteiger charge is 2.22. The highest BCUT2D eigenvalue weighted by atomic mass is 35.5. The first-order valence-corrected chi connectivity index (χ1v) is 6.85. The fourth-order valence-corrected chi connectivity index (χ4v) is 2.59. The number of halogens is 2. The first-order chi connectivity index (χ1) is 9.08. The predicted octanol–water partition coefficient (Wildman–Crippen LogP) is 2.67. The Morgan fingerprint density at radius 1 is 1.50 bits per heavy atom. The molecule has 0 radical (unpaired) electrons. The molecule has 112 valence electrons. The van der Waals surface area contributed by atoms with Crippen molar-refractivity contribution in [3.63, 3.8) is 0 Å². The number of hydrogen-bond acceptors (Lipinski definition) is 2. The standard InChI is InChI=1S/C15H21FN2O.ClH/c1-10-8-13(16)5-6-14(10)15(19)18-11(2)12-4-3-7-17-9-12;/h5-6,8,11-12,17H,3-4,7,9H2,1-2H3,(H,18,19);1H. The number of amides is 1. The van der Waals surface area contributed by atoms with Crippen LogP contribution in [0.4, 0.5) is 4.39 Å². The lowest BCUT2D eigenvalue weighted by Crippen LogP contribution is -2.44. The summed E-state index contributed by atoms with van der Waals surface area (Å²) < 4.78 is 13.0. The van der Waals surface area contributed by atoms with E-state index in [1.54, 1.807) is 13.0 Å². The van der Waals surface area contributed by atoms with Crippen molar-refractivity contribution < 1.29 is 9.18 Å².